The van der Waals surface area contributed by atoms with Gasteiger partial charge in [0.15, 0.2) is 0 Å². The molecule has 4 nitrogen and oxygen atoms in total. The van der Waals surface area contributed by atoms with Gasteiger partial charge in [0.25, 0.3) is 11.8 Å². The summed E-state index contributed by atoms with van der Waals surface area (Å²) in [4.78, 5) is 25.0. The van der Waals surface area contributed by atoms with Crippen molar-refractivity contribution < 1.29 is 44.7 Å². The maximum atomic E-state index is 14.5. The molecule has 0 saturated heterocycles. The number of unbranched alkanes of at least 4 members (excludes halogenated alkanes) is 4. The molecule has 0 saturated carbocycles. The molecule has 0 heterocycles. The molecular formula is C22H36F8N2O2. The van der Waals surface area contributed by atoms with Crippen LogP contribution in [-0.2, 0) is 9.59 Å². The quantitative estimate of drug-likeness (QED) is 0.212. The minimum atomic E-state index is -6.83. The Morgan fingerprint density at radius 2 is 0.706 bits per heavy atom. The number of halogens is 8. The Morgan fingerprint density at radius 1 is 0.500 bits per heavy atom. The molecule has 2 amide bonds. The van der Waals surface area contributed by atoms with Crippen molar-refractivity contribution >= 4 is 11.8 Å². The zero-order valence-corrected chi connectivity index (χ0v) is 20.2. The smallest absolute Gasteiger partial charge is 0.337 e. The Kier molecular flexibility index (Phi) is 12.8. The zero-order chi connectivity index (χ0) is 26.8. The summed E-state index contributed by atoms with van der Waals surface area (Å²) < 4.78 is 116. The Labute approximate surface area is 196 Å². The van der Waals surface area contributed by atoms with Crippen LogP contribution in [0.5, 0.6) is 0 Å². The maximum absolute atomic E-state index is 14.5. The number of hydrogen-bond acceptors (Lipinski definition) is 2. The third-order valence-corrected chi connectivity index (χ3v) is 5.42. The number of nitrogens with zero attached hydrogens (tertiary/aromatic N) is 2. The highest BCUT2D eigenvalue weighted by Gasteiger charge is 2.85. The Morgan fingerprint density at radius 3 is 0.882 bits per heavy atom. The third-order valence-electron chi connectivity index (χ3n) is 5.42. The van der Waals surface area contributed by atoms with Gasteiger partial charge >= 0.3 is 23.7 Å². The number of rotatable bonds is 17. The van der Waals surface area contributed by atoms with Gasteiger partial charge in [-0.2, -0.15) is 35.1 Å². The molecule has 0 unspecified atom stereocenters. The highest BCUT2D eigenvalue weighted by molar-refractivity contribution is 5.87. The van der Waals surface area contributed by atoms with E-state index in [9.17, 15) is 44.7 Å². The first-order valence-electron chi connectivity index (χ1n) is 11.7. The summed E-state index contributed by atoms with van der Waals surface area (Å²) in [5.74, 6) is -31.3. The van der Waals surface area contributed by atoms with Gasteiger partial charge in [-0.05, 0) is 25.7 Å². The lowest BCUT2D eigenvalue weighted by molar-refractivity contribution is -0.350. The summed E-state index contributed by atoms with van der Waals surface area (Å²) in [6.45, 7) is 4.79. The Balaban J connectivity index is 6.16. The van der Waals surface area contributed by atoms with Crippen LogP contribution < -0.4 is 0 Å². The molecule has 0 aromatic heterocycles. The van der Waals surface area contributed by atoms with Crippen LogP contribution in [0.15, 0.2) is 0 Å². The van der Waals surface area contributed by atoms with Gasteiger partial charge in [-0.3, -0.25) is 9.59 Å². The first-order valence-corrected chi connectivity index (χ1v) is 11.7. The summed E-state index contributed by atoms with van der Waals surface area (Å²) >= 11 is 0. The second-order valence-corrected chi connectivity index (χ2v) is 8.30. The van der Waals surface area contributed by atoms with E-state index in [0.717, 1.165) is 0 Å². The second kappa shape index (κ2) is 13.5. The van der Waals surface area contributed by atoms with Crippen molar-refractivity contribution in [1.82, 2.24) is 9.80 Å². The van der Waals surface area contributed by atoms with Crippen molar-refractivity contribution in [2.75, 3.05) is 26.2 Å². The van der Waals surface area contributed by atoms with Crippen LogP contribution in [0, 0.1) is 0 Å². The lowest BCUT2D eigenvalue weighted by Gasteiger charge is -2.38. The van der Waals surface area contributed by atoms with Crippen LogP contribution in [0.1, 0.15) is 79.1 Å². The van der Waals surface area contributed by atoms with Crippen LogP contribution in [0.3, 0.4) is 0 Å². The molecule has 0 aromatic rings. The number of hydrogen-bond donors (Lipinski definition) is 0. The fourth-order valence-electron chi connectivity index (χ4n) is 3.09. The molecule has 202 valence electrons. The van der Waals surface area contributed by atoms with Crippen molar-refractivity contribution in [2.45, 2.75) is 103 Å². The van der Waals surface area contributed by atoms with Gasteiger partial charge in [-0.15, -0.1) is 0 Å². The van der Waals surface area contributed by atoms with Gasteiger partial charge in [0, 0.05) is 26.2 Å². The van der Waals surface area contributed by atoms with Crippen molar-refractivity contribution in [3.63, 3.8) is 0 Å². The second-order valence-electron chi connectivity index (χ2n) is 8.30. The molecule has 0 aliphatic carbocycles. The first kappa shape index (κ1) is 32.4. The fourth-order valence-corrected chi connectivity index (χ4v) is 3.09. The highest BCUT2D eigenvalue weighted by Crippen LogP contribution is 2.53. The van der Waals surface area contributed by atoms with Gasteiger partial charge in [-0.25, -0.2) is 0 Å². The topological polar surface area (TPSA) is 40.6 Å². The van der Waals surface area contributed by atoms with Gasteiger partial charge in [0.05, 0.1) is 0 Å². The predicted molar refractivity (Wildman–Crippen MR) is 113 cm³/mol. The molecule has 0 atom stereocenters. The molecule has 0 aromatic carbocycles. The summed E-state index contributed by atoms with van der Waals surface area (Å²) in [6.07, 6.45) is 1.99. The standard InChI is InChI=1S/C22H36F8N2O2/c1-5-9-13-31(14-10-6-2)17(33)19(23,24)21(27,28)22(29,30)20(25,26)18(34)32(15-11-7-3)16-12-8-4/h5-16H2,1-4H3. The monoisotopic (exact) mass is 512 g/mol. The molecule has 0 spiro atoms. The largest absolute Gasteiger partial charge is 0.392 e. The minimum Gasteiger partial charge on any atom is -0.337 e. The molecular weight excluding hydrogens is 476 g/mol. The molecule has 0 radical (unpaired) electrons. The van der Waals surface area contributed by atoms with E-state index >= 15 is 0 Å². The third kappa shape index (κ3) is 6.96. The van der Waals surface area contributed by atoms with E-state index in [1.54, 1.807) is 27.7 Å². The lowest BCUT2D eigenvalue weighted by atomic mass is 9.96. The van der Waals surface area contributed by atoms with Crippen LogP contribution >= 0.6 is 0 Å². The highest BCUT2D eigenvalue weighted by atomic mass is 19.4. The summed E-state index contributed by atoms with van der Waals surface area (Å²) in [5.41, 5.74) is 0. The summed E-state index contributed by atoms with van der Waals surface area (Å²) in [6, 6.07) is 0. The summed E-state index contributed by atoms with van der Waals surface area (Å²) in [5, 5.41) is 0. The molecule has 0 bridgehead atoms. The summed E-state index contributed by atoms with van der Waals surface area (Å²) in [7, 11) is 0. The number of carbonyl (C=O) groups is 2. The van der Waals surface area contributed by atoms with Crippen molar-refractivity contribution in [2.24, 2.45) is 0 Å². The fraction of sp³-hybridized carbons (Fsp3) is 0.909. The van der Waals surface area contributed by atoms with Gasteiger partial charge in [0.2, 0.25) is 0 Å². The van der Waals surface area contributed by atoms with E-state index in [4.69, 9.17) is 0 Å². The van der Waals surface area contributed by atoms with Gasteiger partial charge < -0.3 is 9.80 Å². The van der Waals surface area contributed by atoms with Crippen molar-refractivity contribution in [1.29, 1.82) is 0 Å². The maximum Gasteiger partial charge on any atom is 0.392 e. The first-order chi connectivity index (χ1) is 15.6. The van der Waals surface area contributed by atoms with E-state index < -0.39 is 61.7 Å². The van der Waals surface area contributed by atoms with Gasteiger partial charge in [-0.1, -0.05) is 53.4 Å². The average Bonchev–Trinajstić information content (AvgIpc) is 2.77. The average molecular weight is 513 g/mol. The van der Waals surface area contributed by atoms with Crippen molar-refractivity contribution in [3.05, 3.63) is 0 Å². The molecule has 12 heteroatoms. The van der Waals surface area contributed by atoms with E-state index in [-0.39, 0.29) is 35.5 Å². The molecule has 0 rings (SSSR count). The van der Waals surface area contributed by atoms with E-state index in [1.807, 2.05) is 0 Å². The van der Waals surface area contributed by atoms with Crippen LogP contribution in [0.4, 0.5) is 35.1 Å². The normalized spacial score (nSPS) is 13.2. The molecule has 0 fully saturated rings. The number of amides is 2. The van der Waals surface area contributed by atoms with Crippen molar-refractivity contribution in [3.8, 4) is 0 Å². The Bertz CT molecular complexity index is 574. The Hall–Kier alpha value is -1.62. The molecule has 34 heavy (non-hydrogen) atoms. The number of alkyl halides is 8. The van der Waals surface area contributed by atoms with E-state index in [1.165, 1.54) is 0 Å². The lowest BCUT2D eigenvalue weighted by Crippen LogP contribution is -2.69. The van der Waals surface area contributed by atoms with E-state index in [2.05, 4.69) is 0 Å². The van der Waals surface area contributed by atoms with Crippen LogP contribution in [-0.4, -0.2) is 71.5 Å². The van der Waals surface area contributed by atoms with Crippen LogP contribution in [0.2, 0.25) is 0 Å². The number of carbonyl (C=O) groups excluding carboxylic acids is 2. The van der Waals surface area contributed by atoms with Crippen LogP contribution in [0.25, 0.3) is 0 Å². The minimum absolute atomic E-state index is 0.117. The zero-order valence-electron chi connectivity index (χ0n) is 20.2. The molecule has 0 aliphatic rings. The molecule has 0 aliphatic heterocycles. The SMILES string of the molecule is CCCCN(CCCC)C(=O)C(F)(F)C(F)(F)C(F)(F)C(F)(F)C(=O)N(CCCC)CCCC. The molecule has 0 N–H and O–H groups in total. The van der Waals surface area contributed by atoms with Gasteiger partial charge in [0.1, 0.15) is 0 Å². The predicted octanol–water partition coefficient (Wildman–Crippen LogP) is 6.39. The van der Waals surface area contributed by atoms with E-state index in [0.29, 0.717) is 25.7 Å².